The third kappa shape index (κ3) is 2.86. The number of fused-ring (bicyclic) bond motifs is 1. The molecule has 0 bridgehead atoms. The van der Waals surface area contributed by atoms with Crippen molar-refractivity contribution < 1.29 is 0 Å². The Kier molecular flexibility index (Phi) is 3.47. The fourth-order valence-electron chi connectivity index (χ4n) is 3.31. The molecule has 2 fully saturated rings. The first-order valence-corrected chi connectivity index (χ1v) is 8.09. The molecule has 110 valence electrons. The van der Waals surface area contributed by atoms with Crippen LogP contribution in [0.2, 0.25) is 0 Å². The van der Waals surface area contributed by atoms with E-state index in [1.54, 1.807) is 0 Å². The molecule has 1 saturated carbocycles. The van der Waals surface area contributed by atoms with Gasteiger partial charge in [-0.25, -0.2) is 0 Å². The highest BCUT2D eigenvalue weighted by atomic mass is 15.2. The third-order valence-corrected chi connectivity index (χ3v) is 4.64. The van der Waals surface area contributed by atoms with E-state index in [9.17, 15) is 0 Å². The molecule has 1 unspecified atom stereocenters. The molecule has 2 aromatic rings. The fourth-order valence-corrected chi connectivity index (χ4v) is 3.31. The van der Waals surface area contributed by atoms with Crippen LogP contribution in [0.1, 0.15) is 25.7 Å². The average molecular weight is 282 g/mol. The van der Waals surface area contributed by atoms with E-state index in [1.165, 1.54) is 36.8 Å². The molecule has 1 saturated heterocycles. The predicted octanol–water partition coefficient (Wildman–Crippen LogP) is 2.60. The van der Waals surface area contributed by atoms with E-state index in [0.717, 1.165) is 31.1 Å². The summed E-state index contributed by atoms with van der Waals surface area (Å²) in [4.78, 5) is 2.54. The van der Waals surface area contributed by atoms with Crippen LogP contribution in [0.25, 0.3) is 10.9 Å². The van der Waals surface area contributed by atoms with Crippen molar-refractivity contribution in [1.29, 1.82) is 0 Å². The Hall–Kier alpha value is -1.68. The number of hydrogen-bond donors (Lipinski definition) is 1. The number of aromatic nitrogens is 2. The Labute approximate surface area is 125 Å². The van der Waals surface area contributed by atoms with Crippen molar-refractivity contribution in [3.05, 3.63) is 30.5 Å². The minimum absolute atomic E-state index is 0.621. The number of anilines is 1. The summed E-state index contributed by atoms with van der Waals surface area (Å²) in [7, 11) is 0. The molecule has 4 heteroatoms. The Morgan fingerprint density at radius 2 is 2.05 bits per heavy atom. The molecular weight excluding hydrogens is 260 g/mol. The summed E-state index contributed by atoms with van der Waals surface area (Å²) in [6.45, 7) is 3.41. The van der Waals surface area contributed by atoms with E-state index >= 15 is 0 Å². The van der Waals surface area contributed by atoms with Crippen LogP contribution in [0.4, 0.5) is 5.69 Å². The van der Waals surface area contributed by atoms with E-state index < -0.39 is 0 Å². The molecule has 1 aliphatic heterocycles. The van der Waals surface area contributed by atoms with Gasteiger partial charge in [-0.3, -0.25) is 0 Å². The predicted molar refractivity (Wildman–Crippen MR) is 85.5 cm³/mol. The molecule has 1 aliphatic carbocycles. The van der Waals surface area contributed by atoms with Crippen molar-refractivity contribution >= 4 is 16.6 Å². The Morgan fingerprint density at radius 3 is 2.86 bits per heavy atom. The van der Waals surface area contributed by atoms with Gasteiger partial charge >= 0.3 is 0 Å². The minimum atomic E-state index is 0.621. The normalized spacial score (nSPS) is 21.8. The second-order valence-electron chi connectivity index (χ2n) is 6.39. The van der Waals surface area contributed by atoms with Crippen molar-refractivity contribution in [3.8, 4) is 0 Å². The maximum absolute atomic E-state index is 4.26. The van der Waals surface area contributed by atoms with E-state index in [1.807, 2.05) is 12.3 Å². The summed E-state index contributed by atoms with van der Waals surface area (Å²) in [5.74, 6) is 0.873. The van der Waals surface area contributed by atoms with Crippen molar-refractivity contribution in [2.45, 2.75) is 31.7 Å². The van der Waals surface area contributed by atoms with Gasteiger partial charge in [0.2, 0.25) is 0 Å². The zero-order valence-electron chi connectivity index (χ0n) is 12.3. The molecule has 4 rings (SSSR count). The van der Waals surface area contributed by atoms with E-state index in [-0.39, 0.29) is 0 Å². The molecule has 1 aromatic heterocycles. The summed E-state index contributed by atoms with van der Waals surface area (Å²) in [5.41, 5.74) is 2.25. The highest BCUT2D eigenvalue weighted by Crippen LogP contribution is 2.33. The Morgan fingerprint density at radius 1 is 1.14 bits per heavy atom. The van der Waals surface area contributed by atoms with Crippen LogP contribution < -0.4 is 10.2 Å². The van der Waals surface area contributed by atoms with Gasteiger partial charge in [0.15, 0.2) is 0 Å². The molecule has 4 nitrogen and oxygen atoms in total. The second kappa shape index (κ2) is 5.60. The quantitative estimate of drug-likeness (QED) is 0.915. The van der Waals surface area contributed by atoms with Gasteiger partial charge < -0.3 is 10.2 Å². The molecule has 0 radical (unpaired) electrons. The average Bonchev–Trinajstić information content (AvgIpc) is 3.19. The highest BCUT2D eigenvalue weighted by Gasteiger charge is 2.27. The van der Waals surface area contributed by atoms with Crippen LogP contribution in [0.3, 0.4) is 0 Å². The van der Waals surface area contributed by atoms with Crippen LogP contribution in [0, 0.1) is 5.92 Å². The largest absolute Gasteiger partial charge is 0.368 e. The maximum atomic E-state index is 4.26. The lowest BCUT2D eigenvalue weighted by atomic mass is 10.1. The lowest BCUT2D eigenvalue weighted by Gasteiger charge is -2.28. The van der Waals surface area contributed by atoms with Crippen LogP contribution in [0.15, 0.2) is 30.5 Å². The first-order valence-electron chi connectivity index (χ1n) is 8.09. The van der Waals surface area contributed by atoms with Gasteiger partial charge in [-0.15, -0.1) is 0 Å². The topological polar surface area (TPSA) is 41.0 Å². The lowest BCUT2D eigenvalue weighted by molar-refractivity contribution is 0.570. The highest BCUT2D eigenvalue weighted by molar-refractivity contribution is 5.90. The number of nitrogens with one attached hydrogen (secondary N) is 1. The number of rotatable bonds is 5. The number of nitrogens with zero attached hydrogens (tertiary/aromatic N) is 3. The van der Waals surface area contributed by atoms with Crippen LogP contribution in [-0.4, -0.2) is 35.9 Å². The van der Waals surface area contributed by atoms with Gasteiger partial charge in [0.05, 0.1) is 17.4 Å². The molecular formula is C17H22N4. The molecule has 1 atom stereocenters. The summed E-state index contributed by atoms with van der Waals surface area (Å²) in [6, 6.07) is 8.97. The van der Waals surface area contributed by atoms with Crippen molar-refractivity contribution in [2.75, 3.05) is 24.5 Å². The van der Waals surface area contributed by atoms with Gasteiger partial charge in [0, 0.05) is 24.5 Å². The number of benzene rings is 1. The van der Waals surface area contributed by atoms with Crippen molar-refractivity contribution in [3.63, 3.8) is 0 Å². The zero-order chi connectivity index (χ0) is 14.1. The summed E-state index contributed by atoms with van der Waals surface area (Å²) in [6.07, 6.45) is 7.30. The number of hydrogen-bond acceptors (Lipinski definition) is 4. The van der Waals surface area contributed by atoms with E-state index in [0.29, 0.717) is 6.04 Å². The third-order valence-electron chi connectivity index (χ3n) is 4.64. The van der Waals surface area contributed by atoms with E-state index in [2.05, 4.69) is 38.6 Å². The summed E-state index contributed by atoms with van der Waals surface area (Å²) < 4.78 is 0. The van der Waals surface area contributed by atoms with E-state index in [4.69, 9.17) is 0 Å². The maximum Gasteiger partial charge on any atom is 0.0950 e. The molecule has 0 spiro atoms. The molecule has 0 amide bonds. The monoisotopic (exact) mass is 282 g/mol. The SMILES string of the molecule is c1ccc2c(N(CC3CC3)CC3CCCN3)cnnc2c1. The first-order chi connectivity index (χ1) is 10.4. The molecule has 1 aromatic carbocycles. The molecule has 2 heterocycles. The van der Waals surface area contributed by atoms with Gasteiger partial charge in [-0.2, -0.15) is 10.2 Å². The fraction of sp³-hybridized carbons (Fsp3) is 0.529. The minimum Gasteiger partial charge on any atom is -0.368 e. The Balaban J connectivity index is 1.66. The Bertz CT molecular complexity index is 612. The van der Waals surface area contributed by atoms with Gasteiger partial charge in [-0.05, 0) is 44.2 Å². The first kappa shape index (κ1) is 13.0. The zero-order valence-corrected chi connectivity index (χ0v) is 12.3. The smallest absolute Gasteiger partial charge is 0.0950 e. The van der Waals surface area contributed by atoms with Gasteiger partial charge in [0.1, 0.15) is 0 Å². The van der Waals surface area contributed by atoms with Gasteiger partial charge in [0.25, 0.3) is 0 Å². The van der Waals surface area contributed by atoms with Crippen LogP contribution in [0.5, 0.6) is 0 Å². The van der Waals surface area contributed by atoms with Crippen molar-refractivity contribution in [1.82, 2.24) is 15.5 Å². The van der Waals surface area contributed by atoms with Crippen LogP contribution >= 0.6 is 0 Å². The van der Waals surface area contributed by atoms with Gasteiger partial charge in [-0.1, -0.05) is 18.2 Å². The molecule has 21 heavy (non-hydrogen) atoms. The molecule has 2 aliphatic rings. The van der Waals surface area contributed by atoms with Crippen molar-refractivity contribution in [2.24, 2.45) is 5.92 Å². The summed E-state index contributed by atoms with van der Waals surface area (Å²) in [5, 5.41) is 13.3. The summed E-state index contributed by atoms with van der Waals surface area (Å²) >= 11 is 0. The molecule has 1 N–H and O–H groups in total. The van der Waals surface area contributed by atoms with Crippen LogP contribution in [-0.2, 0) is 0 Å². The second-order valence-corrected chi connectivity index (χ2v) is 6.39. The lowest BCUT2D eigenvalue weighted by Crippen LogP contribution is -2.39. The standard InChI is InChI=1S/C17H22N4/c1-2-6-16-15(5-1)17(10-19-20-16)21(11-13-7-8-13)12-14-4-3-9-18-14/h1-2,5-6,10,13-14,18H,3-4,7-9,11-12H2.